The Morgan fingerprint density at radius 2 is 1.89 bits per heavy atom. The Bertz CT molecular complexity index is 439. The van der Waals surface area contributed by atoms with Crippen molar-refractivity contribution in [3.05, 3.63) is 23.8 Å². The maximum atomic E-state index is 11.3. The highest BCUT2D eigenvalue weighted by atomic mass is 16.5. The number of hydrogen-bond donors (Lipinski definition) is 1. The number of fused-ring (bicyclic) bond motifs is 1. The normalized spacial score (nSPS) is 16.2. The zero-order chi connectivity index (χ0) is 13.1. The van der Waals surface area contributed by atoms with Gasteiger partial charge in [0.05, 0.1) is 19.1 Å². The summed E-state index contributed by atoms with van der Waals surface area (Å²) in [5, 5.41) is 9.28. The van der Waals surface area contributed by atoms with Crippen LogP contribution < -0.4 is 9.47 Å². The minimum Gasteiger partial charge on any atom is -0.490 e. The van der Waals surface area contributed by atoms with Crippen LogP contribution in [0.15, 0.2) is 18.2 Å². The van der Waals surface area contributed by atoms with E-state index in [0.717, 1.165) is 12.0 Å². The molecule has 1 aromatic rings. The number of carbonyl (C=O) groups is 1. The third kappa shape index (κ3) is 2.58. The van der Waals surface area contributed by atoms with E-state index in [9.17, 15) is 9.90 Å². The molecule has 0 aromatic heterocycles. The molecule has 1 heterocycles. The van der Waals surface area contributed by atoms with E-state index < -0.39 is 11.9 Å². The van der Waals surface area contributed by atoms with E-state index in [0.29, 0.717) is 24.7 Å². The van der Waals surface area contributed by atoms with E-state index in [1.807, 2.05) is 19.9 Å². The highest BCUT2D eigenvalue weighted by molar-refractivity contribution is 5.76. The van der Waals surface area contributed by atoms with Gasteiger partial charge in [0.25, 0.3) is 0 Å². The van der Waals surface area contributed by atoms with Crippen LogP contribution in [-0.2, 0) is 4.79 Å². The molecule has 1 atom stereocenters. The summed E-state index contributed by atoms with van der Waals surface area (Å²) < 4.78 is 11.1. The van der Waals surface area contributed by atoms with Crippen molar-refractivity contribution in [3.63, 3.8) is 0 Å². The summed E-state index contributed by atoms with van der Waals surface area (Å²) in [4.78, 5) is 11.3. The van der Waals surface area contributed by atoms with E-state index in [1.54, 1.807) is 12.1 Å². The number of ether oxygens (including phenoxy) is 2. The van der Waals surface area contributed by atoms with Crippen molar-refractivity contribution in [2.24, 2.45) is 5.92 Å². The van der Waals surface area contributed by atoms with Gasteiger partial charge >= 0.3 is 5.97 Å². The topological polar surface area (TPSA) is 55.8 Å². The molecule has 0 aliphatic carbocycles. The maximum Gasteiger partial charge on any atom is 0.311 e. The van der Waals surface area contributed by atoms with Crippen molar-refractivity contribution in [2.75, 3.05) is 13.2 Å². The summed E-state index contributed by atoms with van der Waals surface area (Å²) in [6, 6.07) is 5.40. The van der Waals surface area contributed by atoms with Crippen LogP contribution in [0.3, 0.4) is 0 Å². The smallest absolute Gasteiger partial charge is 0.311 e. The number of hydrogen-bond acceptors (Lipinski definition) is 3. The number of carboxylic acids is 1. The molecule has 0 amide bonds. The van der Waals surface area contributed by atoms with E-state index in [2.05, 4.69) is 0 Å². The van der Waals surface area contributed by atoms with Gasteiger partial charge in [-0.15, -0.1) is 0 Å². The Balaban J connectivity index is 2.34. The van der Waals surface area contributed by atoms with Crippen LogP contribution in [0.2, 0.25) is 0 Å². The van der Waals surface area contributed by atoms with Crippen LogP contribution in [-0.4, -0.2) is 24.3 Å². The molecule has 2 rings (SSSR count). The second-order valence-electron chi connectivity index (χ2n) is 4.82. The molecule has 0 saturated carbocycles. The average Bonchev–Trinajstić information content (AvgIpc) is 2.52. The molecule has 1 unspecified atom stereocenters. The fourth-order valence-electron chi connectivity index (χ4n) is 2.19. The van der Waals surface area contributed by atoms with E-state index >= 15 is 0 Å². The number of rotatable bonds is 3. The summed E-state index contributed by atoms with van der Waals surface area (Å²) in [5.41, 5.74) is 0.766. The second kappa shape index (κ2) is 5.29. The van der Waals surface area contributed by atoms with Crippen molar-refractivity contribution in [2.45, 2.75) is 26.2 Å². The average molecular weight is 250 g/mol. The van der Waals surface area contributed by atoms with Crippen molar-refractivity contribution < 1.29 is 19.4 Å². The summed E-state index contributed by atoms with van der Waals surface area (Å²) in [6.45, 7) is 5.05. The van der Waals surface area contributed by atoms with Crippen molar-refractivity contribution in [3.8, 4) is 11.5 Å². The van der Waals surface area contributed by atoms with Gasteiger partial charge in [0.1, 0.15) is 0 Å². The standard InChI is InChI=1S/C14H18O4/c1-9(2)13(14(15)16)10-4-5-11-12(8-10)18-7-3-6-17-11/h4-5,8-9,13H,3,6-7H2,1-2H3,(H,15,16). The summed E-state index contributed by atoms with van der Waals surface area (Å²) in [6.07, 6.45) is 0.844. The summed E-state index contributed by atoms with van der Waals surface area (Å²) in [7, 11) is 0. The van der Waals surface area contributed by atoms with Crippen LogP contribution in [0, 0.1) is 5.92 Å². The minimum absolute atomic E-state index is 0.0345. The van der Waals surface area contributed by atoms with Gasteiger partial charge in [-0.2, -0.15) is 0 Å². The molecule has 1 aliphatic heterocycles. The third-order valence-electron chi connectivity index (χ3n) is 3.06. The second-order valence-corrected chi connectivity index (χ2v) is 4.82. The molecule has 1 aliphatic rings. The number of benzene rings is 1. The van der Waals surface area contributed by atoms with Gasteiger partial charge in [0, 0.05) is 6.42 Å². The van der Waals surface area contributed by atoms with Gasteiger partial charge in [0.2, 0.25) is 0 Å². The van der Waals surface area contributed by atoms with Crippen LogP contribution in [0.4, 0.5) is 0 Å². The molecule has 1 aromatic carbocycles. The Hall–Kier alpha value is -1.71. The SMILES string of the molecule is CC(C)C(C(=O)O)c1ccc2c(c1)OCCCO2. The Morgan fingerprint density at radius 3 is 2.50 bits per heavy atom. The van der Waals surface area contributed by atoms with Gasteiger partial charge in [-0.3, -0.25) is 4.79 Å². The molecule has 18 heavy (non-hydrogen) atoms. The molecule has 0 fully saturated rings. The first-order chi connectivity index (χ1) is 8.59. The maximum absolute atomic E-state index is 11.3. The first kappa shape index (κ1) is 12.7. The number of aliphatic carboxylic acids is 1. The lowest BCUT2D eigenvalue weighted by Gasteiger charge is -2.18. The molecule has 0 saturated heterocycles. The predicted molar refractivity (Wildman–Crippen MR) is 67.3 cm³/mol. The van der Waals surface area contributed by atoms with Crippen molar-refractivity contribution in [1.29, 1.82) is 0 Å². The van der Waals surface area contributed by atoms with Gasteiger partial charge in [-0.05, 0) is 23.6 Å². The van der Waals surface area contributed by atoms with Gasteiger partial charge in [0.15, 0.2) is 11.5 Å². The van der Waals surface area contributed by atoms with Crippen LogP contribution in [0.5, 0.6) is 11.5 Å². The lowest BCUT2D eigenvalue weighted by atomic mass is 9.88. The van der Waals surface area contributed by atoms with E-state index in [1.165, 1.54) is 0 Å². The fourth-order valence-corrected chi connectivity index (χ4v) is 2.19. The lowest BCUT2D eigenvalue weighted by molar-refractivity contribution is -0.139. The van der Waals surface area contributed by atoms with E-state index in [4.69, 9.17) is 9.47 Å². The molecule has 0 bridgehead atoms. The van der Waals surface area contributed by atoms with Gasteiger partial charge in [-0.1, -0.05) is 19.9 Å². The monoisotopic (exact) mass is 250 g/mol. The zero-order valence-corrected chi connectivity index (χ0v) is 10.7. The molecule has 4 heteroatoms. The number of carboxylic acid groups (broad SMARTS) is 1. The highest BCUT2D eigenvalue weighted by Gasteiger charge is 2.25. The molecule has 0 radical (unpaired) electrons. The first-order valence-electron chi connectivity index (χ1n) is 6.22. The quantitative estimate of drug-likeness (QED) is 0.896. The Kier molecular flexibility index (Phi) is 3.75. The minimum atomic E-state index is -0.806. The molecule has 4 nitrogen and oxygen atoms in total. The highest BCUT2D eigenvalue weighted by Crippen LogP contribution is 2.35. The van der Waals surface area contributed by atoms with Crippen molar-refractivity contribution >= 4 is 5.97 Å². The third-order valence-corrected chi connectivity index (χ3v) is 3.06. The molecule has 1 N–H and O–H groups in total. The zero-order valence-electron chi connectivity index (χ0n) is 10.7. The van der Waals surface area contributed by atoms with Crippen LogP contribution in [0.25, 0.3) is 0 Å². The van der Waals surface area contributed by atoms with Crippen LogP contribution in [0.1, 0.15) is 31.7 Å². The summed E-state index contributed by atoms with van der Waals surface area (Å²) >= 11 is 0. The Labute approximate surface area is 107 Å². The molecular formula is C14H18O4. The first-order valence-corrected chi connectivity index (χ1v) is 6.22. The molecule has 98 valence electrons. The lowest BCUT2D eigenvalue weighted by Crippen LogP contribution is -2.17. The van der Waals surface area contributed by atoms with Gasteiger partial charge < -0.3 is 14.6 Å². The Morgan fingerprint density at radius 1 is 1.22 bits per heavy atom. The fraction of sp³-hybridized carbons (Fsp3) is 0.500. The predicted octanol–water partition coefficient (Wildman–Crippen LogP) is 2.67. The summed E-state index contributed by atoms with van der Waals surface area (Å²) in [5.74, 6) is 0.0648. The van der Waals surface area contributed by atoms with Crippen LogP contribution >= 0.6 is 0 Å². The molecule has 0 spiro atoms. The van der Waals surface area contributed by atoms with E-state index in [-0.39, 0.29) is 5.92 Å². The van der Waals surface area contributed by atoms with Gasteiger partial charge in [-0.25, -0.2) is 0 Å². The van der Waals surface area contributed by atoms with Crippen molar-refractivity contribution in [1.82, 2.24) is 0 Å². The molecular weight excluding hydrogens is 232 g/mol. The largest absolute Gasteiger partial charge is 0.490 e.